The normalized spacial score (nSPS) is 19.2. The smallest absolute Gasteiger partial charge is 0.129 e. The van der Waals surface area contributed by atoms with Crippen molar-refractivity contribution in [1.82, 2.24) is 24.6 Å². The lowest BCUT2D eigenvalue weighted by Crippen LogP contribution is -2.38. The zero-order chi connectivity index (χ0) is 16.4. The van der Waals surface area contributed by atoms with E-state index in [0.717, 1.165) is 50.5 Å². The maximum Gasteiger partial charge on any atom is 0.129 e. The average molecular weight is 326 g/mol. The zero-order valence-electron chi connectivity index (χ0n) is 14.4. The van der Waals surface area contributed by atoms with E-state index in [2.05, 4.69) is 30.9 Å². The number of fused-ring (bicyclic) bond motifs is 1. The molecule has 0 aromatic carbocycles. The van der Waals surface area contributed by atoms with Crippen molar-refractivity contribution in [2.24, 2.45) is 0 Å². The number of likely N-dealkylation sites (tertiary alicyclic amines) is 1. The summed E-state index contributed by atoms with van der Waals surface area (Å²) in [7, 11) is 0. The Labute approximate surface area is 143 Å². The van der Waals surface area contributed by atoms with Crippen LogP contribution in [-0.2, 0) is 19.5 Å². The van der Waals surface area contributed by atoms with Crippen molar-refractivity contribution in [3.63, 3.8) is 0 Å². The minimum Gasteiger partial charge on any atom is -0.367 e. The lowest BCUT2D eigenvalue weighted by Gasteiger charge is -2.32. The quantitative estimate of drug-likeness (QED) is 0.935. The predicted molar refractivity (Wildman–Crippen MR) is 93.9 cm³/mol. The summed E-state index contributed by atoms with van der Waals surface area (Å²) in [6, 6.07) is 4.83. The molecule has 4 heterocycles. The molecule has 24 heavy (non-hydrogen) atoms. The van der Waals surface area contributed by atoms with Crippen LogP contribution in [0.4, 0.5) is 5.82 Å². The summed E-state index contributed by atoms with van der Waals surface area (Å²) in [6.45, 7) is 6.31. The summed E-state index contributed by atoms with van der Waals surface area (Å²) in [4.78, 5) is 11.0. The largest absolute Gasteiger partial charge is 0.367 e. The molecule has 0 saturated carbocycles. The lowest BCUT2D eigenvalue weighted by atomic mass is 10.0. The fourth-order valence-corrected chi connectivity index (χ4v) is 3.76. The van der Waals surface area contributed by atoms with Gasteiger partial charge in [0.15, 0.2) is 0 Å². The second-order valence-electron chi connectivity index (χ2n) is 7.05. The minimum atomic E-state index is 0.505. The van der Waals surface area contributed by atoms with Crippen LogP contribution in [0.2, 0.25) is 0 Å². The molecule has 1 fully saturated rings. The van der Waals surface area contributed by atoms with Crippen molar-refractivity contribution in [1.29, 1.82) is 0 Å². The van der Waals surface area contributed by atoms with Crippen LogP contribution in [0.1, 0.15) is 42.8 Å². The molecule has 1 N–H and O–H groups in total. The molecule has 6 heteroatoms. The van der Waals surface area contributed by atoms with Crippen LogP contribution in [0.3, 0.4) is 0 Å². The highest BCUT2D eigenvalue weighted by Gasteiger charge is 2.21. The number of anilines is 1. The first-order valence-electron chi connectivity index (χ1n) is 9.09. The van der Waals surface area contributed by atoms with E-state index in [4.69, 9.17) is 5.10 Å². The van der Waals surface area contributed by atoms with E-state index < -0.39 is 0 Å². The minimum absolute atomic E-state index is 0.505. The molecule has 2 aromatic rings. The number of aromatic nitrogens is 4. The van der Waals surface area contributed by atoms with E-state index in [0.29, 0.717) is 6.04 Å². The summed E-state index contributed by atoms with van der Waals surface area (Å²) < 4.78 is 2.21. The van der Waals surface area contributed by atoms with Gasteiger partial charge in [-0.3, -0.25) is 9.58 Å². The van der Waals surface area contributed by atoms with Crippen molar-refractivity contribution in [3.8, 4) is 0 Å². The van der Waals surface area contributed by atoms with Crippen molar-refractivity contribution in [2.45, 2.75) is 58.2 Å². The van der Waals surface area contributed by atoms with Gasteiger partial charge < -0.3 is 5.32 Å². The third-order valence-electron chi connectivity index (χ3n) is 5.10. The van der Waals surface area contributed by atoms with Crippen LogP contribution in [-0.4, -0.2) is 43.8 Å². The SMILES string of the molecule is Cc1cc(NC2CCN(Cc3cc4n(n3)CCCC4)CC2)ncn1. The Morgan fingerprint density at radius 3 is 2.79 bits per heavy atom. The highest BCUT2D eigenvalue weighted by atomic mass is 15.3. The third-order valence-corrected chi connectivity index (χ3v) is 5.10. The first kappa shape index (κ1) is 15.6. The van der Waals surface area contributed by atoms with Gasteiger partial charge in [0.05, 0.1) is 5.69 Å². The molecule has 6 nitrogen and oxygen atoms in total. The molecule has 128 valence electrons. The van der Waals surface area contributed by atoms with Crippen LogP contribution >= 0.6 is 0 Å². The van der Waals surface area contributed by atoms with Gasteiger partial charge in [0.25, 0.3) is 0 Å². The molecule has 0 aliphatic carbocycles. The maximum absolute atomic E-state index is 4.78. The van der Waals surface area contributed by atoms with Gasteiger partial charge in [-0.25, -0.2) is 9.97 Å². The molecular formula is C18H26N6. The fourth-order valence-electron chi connectivity index (χ4n) is 3.76. The second-order valence-corrected chi connectivity index (χ2v) is 7.05. The molecular weight excluding hydrogens is 300 g/mol. The Balaban J connectivity index is 1.29. The van der Waals surface area contributed by atoms with Crippen molar-refractivity contribution in [3.05, 3.63) is 35.5 Å². The van der Waals surface area contributed by atoms with E-state index >= 15 is 0 Å². The molecule has 0 radical (unpaired) electrons. The highest BCUT2D eigenvalue weighted by Crippen LogP contribution is 2.19. The van der Waals surface area contributed by atoms with Crippen LogP contribution in [0.25, 0.3) is 0 Å². The molecule has 2 aliphatic rings. The van der Waals surface area contributed by atoms with Gasteiger partial charge in [0.2, 0.25) is 0 Å². The molecule has 0 spiro atoms. The van der Waals surface area contributed by atoms with Crippen LogP contribution in [0.15, 0.2) is 18.5 Å². The Kier molecular flexibility index (Phi) is 4.47. The zero-order valence-corrected chi connectivity index (χ0v) is 14.4. The molecule has 4 rings (SSSR count). The number of nitrogens with zero attached hydrogens (tertiary/aromatic N) is 5. The van der Waals surface area contributed by atoms with Crippen LogP contribution in [0.5, 0.6) is 0 Å². The topological polar surface area (TPSA) is 58.9 Å². The van der Waals surface area contributed by atoms with Crippen molar-refractivity contribution in [2.75, 3.05) is 18.4 Å². The number of nitrogens with one attached hydrogen (secondary N) is 1. The standard InChI is InChI=1S/C18H26N6/c1-14-10-18(20-13-19-14)21-15-5-8-23(9-6-15)12-16-11-17-4-2-3-7-24(17)22-16/h10-11,13,15H,2-9,12H2,1H3,(H,19,20,21). The molecule has 0 amide bonds. The van der Waals surface area contributed by atoms with Gasteiger partial charge in [-0.05, 0) is 45.1 Å². The summed E-state index contributed by atoms with van der Waals surface area (Å²) in [6.07, 6.45) is 7.70. The molecule has 0 atom stereocenters. The van der Waals surface area contributed by atoms with E-state index in [1.165, 1.54) is 30.7 Å². The molecule has 0 unspecified atom stereocenters. The summed E-state index contributed by atoms with van der Waals surface area (Å²) in [5.41, 5.74) is 3.67. The summed E-state index contributed by atoms with van der Waals surface area (Å²) >= 11 is 0. The molecule has 2 aliphatic heterocycles. The molecule has 2 aromatic heterocycles. The van der Waals surface area contributed by atoms with Gasteiger partial charge in [-0.2, -0.15) is 5.10 Å². The van der Waals surface area contributed by atoms with Crippen molar-refractivity contribution >= 4 is 5.82 Å². The lowest BCUT2D eigenvalue weighted by molar-refractivity contribution is 0.208. The second kappa shape index (κ2) is 6.89. The number of piperidine rings is 1. The molecule has 0 bridgehead atoms. The van der Waals surface area contributed by atoms with Gasteiger partial charge in [0, 0.05) is 49.7 Å². The van der Waals surface area contributed by atoms with Gasteiger partial charge >= 0.3 is 0 Å². The van der Waals surface area contributed by atoms with E-state index in [1.807, 2.05) is 13.0 Å². The monoisotopic (exact) mass is 326 g/mol. The number of hydrogen-bond acceptors (Lipinski definition) is 5. The Bertz CT molecular complexity index is 663. The first-order chi connectivity index (χ1) is 11.8. The Morgan fingerprint density at radius 1 is 1.12 bits per heavy atom. The maximum atomic E-state index is 4.78. The summed E-state index contributed by atoms with van der Waals surface area (Å²) in [5.74, 6) is 0.947. The van der Waals surface area contributed by atoms with Crippen molar-refractivity contribution < 1.29 is 0 Å². The number of aryl methyl sites for hydroxylation is 3. The predicted octanol–water partition coefficient (Wildman–Crippen LogP) is 2.39. The number of rotatable bonds is 4. The molecule has 1 saturated heterocycles. The Morgan fingerprint density at radius 2 is 2.00 bits per heavy atom. The van der Waals surface area contributed by atoms with E-state index in [-0.39, 0.29) is 0 Å². The fraction of sp³-hybridized carbons (Fsp3) is 0.611. The van der Waals surface area contributed by atoms with Gasteiger partial charge in [-0.15, -0.1) is 0 Å². The highest BCUT2D eigenvalue weighted by molar-refractivity contribution is 5.35. The van der Waals surface area contributed by atoms with Crippen LogP contribution < -0.4 is 5.32 Å². The van der Waals surface area contributed by atoms with E-state index in [1.54, 1.807) is 6.33 Å². The average Bonchev–Trinajstić information content (AvgIpc) is 2.99. The number of hydrogen-bond donors (Lipinski definition) is 1. The van der Waals surface area contributed by atoms with Gasteiger partial charge in [0.1, 0.15) is 12.1 Å². The van der Waals surface area contributed by atoms with E-state index in [9.17, 15) is 0 Å². The Hall–Kier alpha value is -1.95. The third kappa shape index (κ3) is 3.59. The van der Waals surface area contributed by atoms with Crippen LogP contribution in [0, 0.1) is 6.92 Å². The van der Waals surface area contributed by atoms with Gasteiger partial charge in [-0.1, -0.05) is 0 Å². The first-order valence-corrected chi connectivity index (χ1v) is 9.09. The summed E-state index contributed by atoms with van der Waals surface area (Å²) in [5, 5.41) is 8.33.